The molecule has 0 saturated carbocycles. The Bertz CT molecular complexity index is 565. The lowest BCUT2D eigenvalue weighted by Crippen LogP contribution is -2.29. The molecule has 0 aliphatic heterocycles. The van der Waals surface area contributed by atoms with Gasteiger partial charge >= 0.3 is 0 Å². The van der Waals surface area contributed by atoms with E-state index in [0.29, 0.717) is 12.1 Å². The molecule has 0 atom stereocenters. The summed E-state index contributed by atoms with van der Waals surface area (Å²) in [6.45, 7) is 11.1. The summed E-state index contributed by atoms with van der Waals surface area (Å²) in [5, 5.41) is 3.31. The summed E-state index contributed by atoms with van der Waals surface area (Å²) < 4.78 is 28.8. The number of hydrogen-bond acceptors (Lipinski definition) is 4. The van der Waals surface area contributed by atoms with Gasteiger partial charge in [-0.15, -0.1) is 0 Å². The van der Waals surface area contributed by atoms with Crippen molar-refractivity contribution in [3.8, 4) is 0 Å². The van der Waals surface area contributed by atoms with Crippen molar-refractivity contribution in [2.45, 2.75) is 116 Å². The van der Waals surface area contributed by atoms with Gasteiger partial charge in [0.15, 0.2) is 0 Å². The molecule has 0 fully saturated rings. The number of hydrogen-bond donors (Lipinski definition) is 1. The Morgan fingerprint density at radius 2 is 1.21 bits per heavy atom. The number of unbranched alkanes of at least 4 members (excludes halogenated alkanes) is 9. The maximum atomic E-state index is 11.9. The van der Waals surface area contributed by atoms with Crippen LogP contribution in [0.5, 0.6) is 0 Å². The highest BCUT2D eigenvalue weighted by atomic mass is 32.2. The second-order valence-corrected chi connectivity index (χ2v) is 9.86. The van der Waals surface area contributed by atoms with Crippen LogP contribution in [0.25, 0.3) is 0 Å². The van der Waals surface area contributed by atoms with Crippen molar-refractivity contribution >= 4 is 10.1 Å². The van der Waals surface area contributed by atoms with Gasteiger partial charge in [-0.05, 0) is 18.6 Å². The SMILES string of the molecule is CC(C)NC(C)C.CCCCCCCCCCCCOS(=O)(=O)c1ccccc1. The molecule has 1 aromatic rings. The van der Waals surface area contributed by atoms with Gasteiger partial charge < -0.3 is 5.32 Å². The van der Waals surface area contributed by atoms with Crippen LogP contribution in [0.2, 0.25) is 0 Å². The highest BCUT2D eigenvalue weighted by molar-refractivity contribution is 7.86. The highest BCUT2D eigenvalue weighted by Gasteiger charge is 2.13. The van der Waals surface area contributed by atoms with Crippen molar-refractivity contribution in [1.82, 2.24) is 5.32 Å². The van der Waals surface area contributed by atoms with E-state index in [1.807, 2.05) is 0 Å². The third kappa shape index (κ3) is 17.6. The predicted octanol–water partition coefficient (Wildman–Crippen LogP) is 6.71. The Hall–Kier alpha value is -0.910. The third-order valence-electron chi connectivity index (χ3n) is 4.43. The third-order valence-corrected chi connectivity index (χ3v) is 5.76. The predicted molar refractivity (Wildman–Crippen MR) is 125 cm³/mol. The zero-order chi connectivity index (χ0) is 22.0. The molecule has 0 radical (unpaired) electrons. The van der Waals surface area contributed by atoms with Gasteiger partial charge in [0, 0.05) is 12.1 Å². The lowest BCUT2D eigenvalue weighted by atomic mass is 10.1. The molecular formula is C24H45NO3S. The van der Waals surface area contributed by atoms with Crippen molar-refractivity contribution in [2.24, 2.45) is 0 Å². The molecule has 0 unspecified atom stereocenters. The molecule has 29 heavy (non-hydrogen) atoms. The summed E-state index contributed by atoms with van der Waals surface area (Å²) in [5.41, 5.74) is 0. The maximum absolute atomic E-state index is 11.9. The lowest BCUT2D eigenvalue weighted by Gasteiger charge is -2.10. The maximum Gasteiger partial charge on any atom is 0.296 e. The molecule has 1 aromatic carbocycles. The average molecular weight is 428 g/mol. The molecule has 170 valence electrons. The van der Waals surface area contributed by atoms with Crippen LogP contribution in [0.1, 0.15) is 98.8 Å². The molecule has 0 bridgehead atoms. The zero-order valence-corrected chi connectivity index (χ0v) is 20.3. The monoisotopic (exact) mass is 427 g/mol. The molecule has 0 aliphatic rings. The Morgan fingerprint density at radius 1 is 0.759 bits per heavy atom. The molecule has 1 N–H and O–H groups in total. The van der Waals surface area contributed by atoms with Crippen LogP contribution in [-0.2, 0) is 14.3 Å². The first-order valence-corrected chi connectivity index (χ1v) is 12.9. The van der Waals surface area contributed by atoms with Gasteiger partial charge in [0.1, 0.15) is 0 Å². The van der Waals surface area contributed by atoms with Gasteiger partial charge in [-0.1, -0.05) is 111 Å². The molecule has 5 heteroatoms. The van der Waals surface area contributed by atoms with Crippen molar-refractivity contribution in [3.63, 3.8) is 0 Å². The fraction of sp³-hybridized carbons (Fsp3) is 0.750. The minimum Gasteiger partial charge on any atom is -0.312 e. The van der Waals surface area contributed by atoms with E-state index in [9.17, 15) is 8.42 Å². The van der Waals surface area contributed by atoms with Crippen LogP contribution in [0.3, 0.4) is 0 Å². The first-order valence-electron chi connectivity index (χ1n) is 11.5. The summed E-state index contributed by atoms with van der Waals surface area (Å²) in [6.07, 6.45) is 12.3. The second-order valence-electron chi connectivity index (χ2n) is 8.25. The molecule has 0 saturated heterocycles. The average Bonchev–Trinajstić information content (AvgIpc) is 2.66. The molecule has 0 aromatic heterocycles. The van der Waals surface area contributed by atoms with E-state index in [1.165, 1.54) is 51.4 Å². The van der Waals surface area contributed by atoms with Gasteiger partial charge in [-0.3, -0.25) is 4.18 Å². The minimum atomic E-state index is -3.57. The van der Waals surface area contributed by atoms with Gasteiger partial charge in [0.25, 0.3) is 10.1 Å². The first kappa shape index (κ1) is 28.1. The lowest BCUT2D eigenvalue weighted by molar-refractivity contribution is 0.306. The normalized spacial score (nSPS) is 11.6. The summed E-state index contributed by atoms with van der Waals surface area (Å²) in [7, 11) is -3.57. The van der Waals surface area contributed by atoms with E-state index in [1.54, 1.807) is 30.3 Å². The summed E-state index contributed by atoms with van der Waals surface area (Å²) in [6, 6.07) is 9.58. The standard InChI is InChI=1S/C18H30O3S.C6H15N/c1-2-3-4-5-6-7-8-9-10-14-17-21-22(19,20)18-15-12-11-13-16-18;1-5(2)7-6(3)4/h11-13,15-16H,2-10,14,17H2,1H3;5-7H,1-4H3. The Balaban J connectivity index is 0.000000956. The van der Waals surface area contributed by atoms with Crippen molar-refractivity contribution in [2.75, 3.05) is 6.61 Å². The molecule has 4 nitrogen and oxygen atoms in total. The molecule has 0 heterocycles. The van der Waals surface area contributed by atoms with Crippen LogP contribution in [-0.4, -0.2) is 27.1 Å². The molecule has 0 aliphatic carbocycles. The van der Waals surface area contributed by atoms with Crippen molar-refractivity contribution in [3.05, 3.63) is 30.3 Å². The fourth-order valence-electron chi connectivity index (χ4n) is 3.08. The first-order chi connectivity index (χ1) is 13.8. The zero-order valence-electron chi connectivity index (χ0n) is 19.5. The van der Waals surface area contributed by atoms with E-state index in [-0.39, 0.29) is 11.5 Å². The second kappa shape index (κ2) is 17.9. The number of benzene rings is 1. The molecule has 1 rings (SSSR count). The Labute approximate surface area is 181 Å². The Morgan fingerprint density at radius 3 is 1.62 bits per heavy atom. The van der Waals surface area contributed by atoms with Gasteiger partial charge in [0.2, 0.25) is 0 Å². The van der Waals surface area contributed by atoms with Crippen LogP contribution in [0.4, 0.5) is 0 Å². The van der Waals surface area contributed by atoms with Gasteiger partial charge in [-0.2, -0.15) is 8.42 Å². The number of nitrogens with one attached hydrogen (secondary N) is 1. The largest absolute Gasteiger partial charge is 0.312 e. The van der Waals surface area contributed by atoms with E-state index < -0.39 is 10.1 Å². The Kier molecular flexibility index (Phi) is 17.3. The van der Waals surface area contributed by atoms with Gasteiger partial charge in [0.05, 0.1) is 11.5 Å². The number of rotatable bonds is 15. The quantitative estimate of drug-likeness (QED) is 0.250. The summed E-state index contributed by atoms with van der Waals surface area (Å²) >= 11 is 0. The molecule has 0 spiro atoms. The molecule has 0 amide bonds. The van der Waals surface area contributed by atoms with Gasteiger partial charge in [-0.25, -0.2) is 0 Å². The van der Waals surface area contributed by atoms with E-state index in [0.717, 1.165) is 12.8 Å². The summed E-state index contributed by atoms with van der Waals surface area (Å²) in [4.78, 5) is 0.238. The van der Waals surface area contributed by atoms with Crippen molar-refractivity contribution in [1.29, 1.82) is 0 Å². The topological polar surface area (TPSA) is 55.4 Å². The van der Waals surface area contributed by atoms with Crippen molar-refractivity contribution < 1.29 is 12.6 Å². The van der Waals surface area contributed by atoms with Crippen LogP contribution < -0.4 is 5.32 Å². The molecular weight excluding hydrogens is 382 g/mol. The van der Waals surface area contributed by atoms with Crippen LogP contribution in [0.15, 0.2) is 35.2 Å². The van der Waals surface area contributed by atoms with E-state index in [4.69, 9.17) is 4.18 Å². The van der Waals surface area contributed by atoms with Crippen LogP contribution >= 0.6 is 0 Å². The highest BCUT2D eigenvalue weighted by Crippen LogP contribution is 2.13. The van der Waals surface area contributed by atoms with E-state index >= 15 is 0 Å². The fourth-order valence-corrected chi connectivity index (χ4v) is 4.04. The minimum absolute atomic E-state index is 0.238. The smallest absolute Gasteiger partial charge is 0.296 e. The van der Waals surface area contributed by atoms with E-state index in [2.05, 4.69) is 39.9 Å². The van der Waals surface area contributed by atoms with Crippen LogP contribution in [0, 0.1) is 0 Å². The summed E-state index contributed by atoms with van der Waals surface area (Å²) in [5.74, 6) is 0.